The van der Waals surface area contributed by atoms with Crippen LogP contribution in [0.3, 0.4) is 0 Å². The number of nitro groups is 1. The molecule has 0 aromatic heterocycles. The Morgan fingerprint density at radius 2 is 1.86 bits per heavy atom. The Balaban J connectivity index is 1.32. The van der Waals surface area contributed by atoms with Crippen LogP contribution in [0.5, 0.6) is 0 Å². The smallest absolute Gasteiger partial charge is 0.269 e. The van der Waals surface area contributed by atoms with E-state index in [1.165, 1.54) is 40.9 Å². The highest BCUT2D eigenvalue weighted by atomic mass is 32.2. The van der Waals surface area contributed by atoms with Crippen molar-refractivity contribution in [2.24, 2.45) is 9.98 Å². The second-order valence-corrected chi connectivity index (χ2v) is 9.32. The molecule has 9 nitrogen and oxygen atoms in total. The normalized spacial score (nSPS) is 16.0. The van der Waals surface area contributed by atoms with Gasteiger partial charge in [0.05, 0.1) is 17.0 Å². The number of rotatable bonds is 7. The SMILES string of the molecule is O=C(C[C@H]1N=C2c3ccccc3N=C(SCc3cccc([N+](=O)[O-])c3)N2C1=O)NCc1ccc(F)cc1. The van der Waals surface area contributed by atoms with E-state index in [0.29, 0.717) is 33.6 Å². The molecule has 1 atom stereocenters. The molecule has 3 aromatic carbocycles. The first-order chi connectivity index (χ1) is 17.9. The number of amidine groups is 2. The summed E-state index contributed by atoms with van der Waals surface area (Å²) in [4.78, 5) is 47.3. The van der Waals surface area contributed by atoms with Crippen LogP contribution in [0.25, 0.3) is 0 Å². The third-order valence-corrected chi connectivity index (χ3v) is 6.83. The van der Waals surface area contributed by atoms with Crippen molar-refractivity contribution in [3.8, 4) is 0 Å². The van der Waals surface area contributed by atoms with Gasteiger partial charge in [0.15, 0.2) is 5.17 Å². The highest BCUT2D eigenvalue weighted by molar-refractivity contribution is 8.13. The molecule has 11 heteroatoms. The van der Waals surface area contributed by atoms with Gasteiger partial charge in [-0.25, -0.2) is 14.3 Å². The first-order valence-electron chi connectivity index (χ1n) is 11.4. The molecule has 0 fully saturated rings. The van der Waals surface area contributed by atoms with E-state index in [1.807, 2.05) is 24.3 Å². The first-order valence-corrected chi connectivity index (χ1v) is 12.3. The Bertz CT molecular complexity index is 1460. The van der Waals surface area contributed by atoms with Gasteiger partial charge in [-0.05, 0) is 35.4 Å². The average molecular weight is 518 g/mol. The molecule has 5 rings (SSSR count). The summed E-state index contributed by atoms with van der Waals surface area (Å²) in [6.07, 6.45) is -0.148. The number of hydrogen-bond donors (Lipinski definition) is 1. The van der Waals surface area contributed by atoms with E-state index in [9.17, 15) is 24.1 Å². The van der Waals surface area contributed by atoms with Crippen LogP contribution in [0.4, 0.5) is 15.8 Å². The second-order valence-electron chi connectivity index (χ2n) is 8.38. The molecule has 0 bridgehead atoms. The van der Waals surface area contributed by atoms with Crippen molar-refractivity contribution in [3.05, 3.63) is 105 Å². The van der Waals surface area contributed by atoms with Gasteiger partial charge in [0.1, 0.15) is 17.7 Å². The molecule has 2 aliphatic rings. The molecule has 3 aromatic rings. The van der Waals surface area contributed by atoms with Gasteiger partial charge in [-0.15, -0.1) is 0 Å². The van der Waals surface area contributed by atoms with Gasteiger partial charge < -0.3 is 5.32 Å². The molecule has 2 amide bonds. The van der Waals surface area contributed by atoms with Gasteiger partial charge in [0.2, 0.25) is 5.91 Å². The third-order valence-electron chi connectivity index (χ3n) is 5.82. The molecule has 0 spiro atoms. The maximum Gasteiger partial charge on any atom is 0.269 e. The number of non-ortho nitro benzene ring substituents is 1. The van der Waals surface area contributed by atoms with Crippen molar-refractivity contribution in [2.45, 2.75) is 24.8 Å². The number of amides is 2. The van der Waals surface area contributed by atoms with E-state index in [0.717, 1.165) is 5.56 Å². The zero-order chi connectivity index (χ0) is 25.9. The standard InChI is InChI=1S/C26H20FN5O4S/c27-18-10-8-16(9-11-18)14-28-23(33)13-22-25(34)31-24(29-22)20-6-1-2-7-21(20)30-26(31)37-15-17-4-3-5-19(12-17)32(35)36/h1-12,22H,13-15H2,(H,28,33)/t22-/m1/s1. The predicted molar refractivity (Wildman–Crippen MR) is 138 cm³/mol. The molecular weight excluding hydrogens is 497 g/mol. The highest BCUT2D eigenvalue weighted by Gasteiger charge is 2.42. The third kappa shape index (κ3) is 5.26. The van der Waals surface area contributed by atoms with Crippen LogP contribution in [0.1, 0.15) is 23.1 Å². The number of fused-ring (bicyclic) bond motifs is 3. The Hall–Kier alpha value is -4.38. The lowest BCUT2D eigenvalue weighted by Gasteiger charge is -2.25. The van der Waals surface area contributed by atoms with Crippen molar-refractivity contribution in [1.29, 1.82) is 0 Å². The molecular formula is C26H20FN5O4S. The summed E-state index contributed by atoms with van der Waals surface area (Å²) in [6, 6.07) is 18.4. The minimum Gasteiger partial charge on any atom is -0.352 e. The number of carbonyl (C=O) groups excluding carboxylic acids is 2. The molecule has 186 valence electrons. The quantitative estimate of drug-likeness (QED) is 0.370. The Labute approximate surface area is 215 Å². The Morgan fingerprint density at radius 3 is 2.65 bits per heavy atom. The fourth-order valence-corrected chi connectivity index (χ4v) is 4.93. The number of carbonyl (C=O) groups is 2. The minimum absolute atomic E-state index is 0.0137. The molecule has 0 saturated carbocycles. The van der Waals surface area contributed by atoms with Crippen LogP contribution in [0, 0.1) is 15.9 Å². The van der Waals surface area contributed by atoms with Gasteiger partial charge in [0, 0.05) is 30.0 Å². The number of nitrogens with one attached hydrogen (secondary N) is 1. The van der Waals surface area contributed by atoms with Gasteiger partial charge in [0.25, 0.3) is 11.6 Å². The topological polar surface area (TPSA) is 117 Å². The van der Waals surface area contributed by atoms with Gasteiger partial charge in [-0.1, -0.05) is 48.2 Å². The van der Waals surface area contributed by atoms with E-state index in [2.05, 4.69) is 15.3 Å². The molecule has 2 heterocycles. The van der Waals surface area contributed by atoms with Crippen molar-refractivity contribution in [3.63, 3.8) is 0 Å². The lowest BCUT2D eigenvalue weighted by atomic mass is 10.1. The predicted octanol–water partition coefficient (Wildman–Crippen LogP) is 4.33. The van der Waals surface area contributed by atoms with Crippen LogP contribution in [-0.4, -0.2) is 38.7 Å². The largest absolute Gasteiger partial charge is 0.352 e. The zero-order valence-corrected chi connectivity index (χ0v) is 20.2. The molecule has 0 radical (unpaired) electrons. The summed E-state index contributed by atoms with van der Waals surface area (Å²) in [5.74, 6) is -0.314. The maximum absolute atomic E-state index is 13.4. The van der Waals surface area contributed by atoms with Crippen LogP contribution in [-0.2, 0) is 21.9 Å². The van der Waals surface area contributed by atoms with Crippen molar-refractivity contribution < 1.29 is 18.9 Å². The van der Waals surface area contributed by atoms with Crippen LogP contribution in [0.2, 0.25) is 0 Å². The fourth-order valence-electron chi connectivity index (χ4n) is 3.99. The van der Waals surface area contributed by atoms with Gasteiger partial charge in [-0.3, -0.25) is 24.7 Å². The van der Waals surface area contributed by atoms with Crippen LogP contribution >= 0.6 is 11.8 Å². The summed E-state index contributed by atoms with van der Waals surface area (Å²) in [7, 11) is 0. The van der Waals surface area contributed by atoms with Crippen molar-refractivity contribution in [2.75, 3.05) is 0 Å². The highest BCUT2D eigenvalue weighted by Crippen LogP contribution is 2.35. The number of aliphatic imine (C=N–C) groups is 2. The van der Waals surface area contributed by atoms with Crippen molar-refractivity contribution >= 4 is 46.0 Å². The number of benzene rings is 3. The Kier molecular flexibility index (Phi) is 6.78. The number of thioether (sulfide) groups is 1. The van der Waals surface area contributed by atoms with E-state index in [4.69, 9.17) is 0 Å². The number of halogens is 1. The van der Waals surface area contributed by atoms with Gasteiger partial charge in [-0.2, -0.15) is 0 Å². The number of para-hydroxylation sites is 1. The van der Waals surface area contributed by atoms with Crippen LogP contribution in [0.15, 0.2) is 82.8 Å². The average Bonchev–Trinajstić information content (AvgIpc) is 3.23. The summed E-state index contributed by atoms with van der Waals surface area (Å²) in [6.45, 7) is 0.203. The lowest BCUT2D eigenvalue weighted by Crippen LogP contribution is -2.42. The molecule has 2 aliphatic heterocycles. The summed E-state index contributed by atoms with van der Waals surface area (Å²) >= 11 is 1.26. The second kappa shape index (κ2) is 10.3. The molecule has 0 aliphatic carbocycles. The number of nitro benzene ring substituents is 1. The number of nitrogens with zero attached hydrogens (tertiary/aromatic N) is 4. The van der Waals surface area contributed by atoms with E-state index < -0.39 is 11.0 Å². The molecule has 0 unspecified atom stereocenters. The maximum atomic E-state index is 13.4. The number of hydrogen-bond acceptors (Lipinski definition) is 7. The minimum atomic E-state index is -0.919. The summed E-state index contributed by atoms with van der Waals surface area (Å²) < 4.78 is 13.1. The lowest BCUT2D eigenvalue weighted by molar-refractivity contribution is -0.384. The van der Waals surface area contributed by atoms with Crippen LogP contribution < -0.4 is 5.32 Å². The zero-order valence-electron chi connectivity index (χ0n) is 19.3. The molecule has 1 N–H and O–H groups in total. The van der Waals surface area contributed by atoms with Crippen molar-refractivity contribution in [1.82, 2.24) is 10.2 Å². The summed E-state index contributed by atoms with van der Waals surface area (Å²) in [5.41, 5.74) is 2.76. The van der Waals surface area contributed by atoms with E-state index in [1.54, 1.807) is 24.3 Å². The Morgan fingerprint density at radius 1 is 1.08 bits per heavy atom. The van der Waals surface area contributed by atoms with E-state index in [-0.39, 0.29) is 36.3 Å². The molecule has 0 saturated heterocycles. The first kappa shape index (κ1) is 24.3. The fraction of sp³-hybridized carbons (Fsp3) is 0.154. The summed E-state index contributed by atoms with van der Waals surface area (Å²) in [5, 5.41) is 14.3. The monoisotopic (exact) mass is 517 g/mol. The van der Waals surface area contributed by atoms with Gasteiger partial charge >= 0.3 is 0 Å². The molecule has 37 heavy (non-hydrogen) atoms. The van der Waals surface area contributed by atoms with E-state index >= 15 is 0 Å².